The van der Waals surface area contributed by atoms with E-state index in [4.69, 9.17) is 10.5 Å². The molecule has 1 aromatic rings. The highest BCUT2D eigenvalue weighted by Crippen LogP contribution is 2.57. The van der Waals surface area contributed by atoms with Gasteiger partial charge in [-0.3, -0.25) is 4.90 Å². The van der Waals surface area contributed by atoms with Gasteiger partial charge in [-0.15, -0.1) is 11.3 Å². The molecule has 118 valence electrons. The zero-order chi connectivity index (χ0) is 15.1. The number of hydrogen-bond donors (Lipinski definition) is 1. The molecule has 0 aromatic carbocycles. The Hall–Kier alpha value is -0.420. The van der Waals surface area contributed by atoms with Crippen LogP contribution < -0.4 is 5.73 Å². The fraction of sp³-hybridized carbons (Fsp3) is 0.765. The molecule has 3 rings (SSSR count). The number of thiophene rings is 1. The van der Waals surface area contributed by atoms with Crippen molar-refractivity contribution in [2.24, 2.45) is 17.1 Å². The Kier molecular flexibility index (Phi) is 4.17. The van der Waals surface area contributed by atoms with Crippen LogP contribution in [0.4, 0.5) is 0 Å². The second-order valence-electron chi connectivity index (χ2n) is 7.18. The minimum Gasteiger partial charge on any atom is -0.377 e. The molecule has 0 radical (unpaired) electrons. The van der Waals surface area contributed by atoms with E-state index in [2.05, 4.69) is 43.2 Å². The van der Waals surface area contributed by atoms with Crippen molar-refractivity contribution >= 4 is 11.3 Å². The zero-order valence-corrected chi connectivity index (χ0v) is 14.3. The summed E-state index contributed by atoms with van der Waals surface area (Å²) in [7, 11) is 0. The number of hydrogen-bond acceptors (Lipinski definition) is 4. The summed E-state index contributed by atoms with van der Waals surface area (Å²) in [5, 5.41) is 2.15. The predicted molar refractivity (Wildman–Crippen MR) is 88.4 cm³/mol. The zero-order valence-electron chi connectivity index (χ0n) is 13.5. The molecule has 2 fully saturated rings. The Balaban J connectivity index is 1.72. The van der Waals surface area contributed by atoms with Crippen molar-refractivity contribution in [3.05, 3.63) is 22.4 Å². The molecular formula is C17H28N2OS. The molecule has 1 aliphatic carbocycles. The van der Waals surface area contributed by atoms with E-state index < -0.39 is 0 Å². The summed E-state index contributed by atoms with van der Waals surface area (Å²) in [6, 6.07) is 4.35. The lowest BCUT2D eigenvalue weighted by molar-refractivity contribution is -0.232. The van der Waals surface area contributed by atoms with Crippen molar-refractivity contribution in [1.82, 2.24) is 4.90 Å². The summed E-state index contributed by atoms with van der Waals surface area (Å²) in [5.41, 5.74) is 6.87. The monoisotopic (exact) mass is 308 g/mol. The second-order valence-corrected chi connectivity index (χ2v) is 8.22. The fourth-order valence-electron chi connectivity index (χ4n) is 4.26. The predicted octanol–water partition coefficient (Wildman–Crippen LogP) is 3.10. The van der Waals surface area contributed by atoms with Crippen molar-refractivity contribution in [2.75, 3.05) is 19.7 Å². The summed E-state index contributed by atoms with van der Waals surface area (Å²) in [6.45, 7) is 10.8. The molecule has 3 nitrogen and oxygen atoms in total. The molecule has 0 amide bonds. The molecule has 2 heterocycles. The van der Waals surface area contributed by atoms with Gasteiger partial charge in [0.25, 0.3) is 0 Å². The van der Waals surface area contributed by atoms with Crippen molar-refractivity contribution < 1.29 is 4.74 Å². The normalized spacial score (nSPS) is 34.5. The average Bonchev–Trinajstić information content (AvgIpc) is 2.99. The standard InChI is InChI=1S/C17H28N2OS/c1-4-19(11-13-7-6-10-21-13)12-17(18)14-8-5-9-20-15(14)16(17,2)3/h6-7,10,14-15H,4-5,8-9,11-12,18H2,1-3H3. The van der Waals surface area contributed by atoms with Gasteiger partial charge in [0.1, 0.15) is 0 Å². The second kappa shape index (κ2) is 5.65. The maximum absolute atomic E-state index is 6.92. The lowest BCUT2D eigenvalue weighted by Gasteiger charge is -2.67. The minimum absolute atomic E-state index is 0.0704. The molecule has 4 heteroatoms. The Labute approximate surface area is 132 Å². The van der Waals surface area contributed by atoms with Crippen molar-refractivity contribution in [3.8, 4) is 0 Å². The van der Waals surface area contributed by atoms with E-state index in [9.17, 15) is 0 Å². The van der Waals surface area contributed by atoms with Crippen molar-refractivity contribution in [2.45, 2.75) is 51.8 Å². The lowest BCUT2D eigenvalue weighted by Crippen LogP contribution is -2.80. The van der Waals surface area contributed by atoms with Crippen LogP contribution in [0.25, 0.3) is 0 Å². The third-order valence-electron chi connectivity index (χ3n) is 5.79. The first-order valence-electron chi connectivity index (χ1n) is 8.14. The highest BCUT2D eigenvalue weighted by atomic mass is 32.1. The lowest BCUT2D eigenvalue weighted by atomic mass is 9.46. The summed E-state index contributed by atoms with van der Waals surface area (Å²) < 4.78 is 6.01. The van der Waals surface area contributed by atoms with E-state index in [0.29, 0.717) is 12.0 Å². The SMILES string of the molecule is CCN(Cc1cccs1)CC1(N)C2CCCOC2C1(C)C. The van der Waals surface area contributed by atoms with Crippen LogP contribution in [0.2, 0.25) is 0 Å². The number of rotatable bonds is 5. The van der Waals surface area contributed by atoms with Crippen LogP contribution in [0.3, 0.4) is 0 Å². The summed E-state index contributed by atoms with van der Waals surface area (Å²) >= 11 is 1.83. The van der Waals surface area contributed by atoms with Gasteiger partial charge >= 0.3 is 0 Å². The van der Waals surface area contributed by atoms with Gasteiger partial charge in [0, 0.05) is 41.4 Å². The highest BCUT2D eigenvalue weighted by molar-refractivity contribution is 7.09. The average molecular weight is 308 g/mol. The molecule has 1 aromatic heterocycles. The molecule has 21 heavy (non-hydrogen) atoms. The van der Waals surface area contributed by atoms with E-state index in [1.54, 1.807) is 0 Å². The van der Waals surface area contributed by atoms with Crippen LogP contribution in [0, 0.1) is 11.3 Å². The Morgan fingerprint density at radius 3 is 2.95 bits per heavy atom. The van der Waals surface area contributed by atoms with Gasteiger partial charge < -0.3 is 10.5 Å². The Bertz CT molecular complexity index is 473. The van der Waals surface area contributed by atoms with Gasteiger partial charge in [-0.2, -0.15) is 0 Å². The maximum atomic E-state index is 6.92. The third kappa shape index (κ3) is 2.46. The fourth-order valence-corrected chi connectivity index (χ4v) is 5.01. The number of nitrogens with zero attached hydrogens (tertiary/aromatic N) is 1. The van der Waals surface area contributed by atoms with E-state index in [1.807, 2.05) is 11.3 Å². The van der Waals surface area contributed by atoms with Crippen LogP contribution in [-0.4, -0.2) is 36.2 Å². The molecular weight excluding hydrogens is 280 g/mol. The van der Waals surface area contributed by atoms with E-state index in [-0.39, 0.29) is 11.0 Å². The number of likely N-dealkylation sites (N-methyl/N-ethyl adjacent to an activating group) is 1. The number of ether oxygens (including phenoxy) is 1. The highest BCUT2D eigenvalue weighted by Gasteiger charge is 2.66. The van der Waals surface area contributed by atoms with Gasteiger partial charge in [0.15, 0.2) is 0 Å². The van der Waals surface area contributed by atoms with Crippen LogP contribution >= 0.6 is 11.3 Å². The first kappa shape index (κ1) is 15.5. The van der Waals surface area contributed by atoms with E-state index in [0.717, 1.165) is 32.7 Å². The molecule has 0 bridgehead atoms. The molecule has 1 aliphatic heterocycles. The Morgan fingerprint density at radius 1 is 1.48 bits per heavy atom. The molecule has 3 atom stereocenters. The van der Waals surface area contributed by atoms with Gasteiger partial charge in [-0.1, -0.05) is 26.8 Å². The van der Waals surface area contributed by atoms with Gasteiger partial charge in [-0.05, 0) is 30.8 Å². The van der Waals surface area contributed by atoms with Crippen molar-refractivity contribution in [3.63, 3.8) is 0 Å². The molecule has 3 unspecified atom stereocenters. The molecule has 2 aliphatic rings. The quantitative estimate of drug-likeness (QED) is 0.908. The van der Waals surface area contributed by atoms with E-state index in [1.165, 1.54) is 11.3 Å². The first-order valence-corrected chi connectivity index (χ1v) is 9.02. The minimum atomic E-state index is -0.120. The number of fused-ring (bicyclic) bond motifs is 1. The van der Waals surface area contributed by atoms with Crippen LogP contribution in [-0.2, 0) is 11.3 Å². The molecule has 2 N–H and O–H groups in total. The first-order chi connectivity index (χ1) is 9.99. The third-order valence-corrected chi connectivity index (χ3v) is 6.65. The smallest absolute Gasteiger partial charge is 0.0690 e. The summed E-state index contributed by atoms with van der Waals surface area (Å²) in [4.78, 5) is 3.92. The van der Waals surface area contributed by atoms with Crippen LogP contribution in [0.5, 0.6) is 0 Å². The van der Waals surface area contributed by atoms with Crippen molar-refractivity contribution in [1.29, 1.82) is 0 Å². The van der Waals surface area contributed by atoms with Gasteiger partial charge in [0.2, 0.25) is 0 Å². The largest absolute Gasteiger partial charge is 0.377 e. The van der Waals surface area contributed by atoms with Crippen LogP contribution in [0.15, 0.2) is 17.5 Å². The molecule has 1 saturated carbocycles. The summed E-state index contributed by atoms with van der Waals surface area (Å²) in [5.74, 6) is 0.527. The van der Waals surface area contributed by atoms with Crippen LogP contribution in [0.1, 0.15) is 38.5 Å². The topological polar surface area (TPSA) is 38.5 Å². The maximum Gasteiger partial charge on any atom is 0.0690 e. The molecule has 0 spiro atoms. The number of nitrogens with two attached hydrogens (primary N) is 1. The molecule has 1 saturated heterocycles. The summed E-state index contributed by atoms with van der Waals surface area (Å²) in [6.07, 6.45) is 2.74. The van der Waals surface area contributed by atoms with Gasteiger partial charge in [0.05, 0.1) is 6.10 Å². The van der Waals surface area contributed by atoms with E-state index >= 15 is 0 Å². The van der Waals surface area contributed by atoms with Gasteiger partial charge in [-0.25, -0.2) is 0 Å². The Morgan fingerprint density at radius 2 is 2.29 bits per heavy atom.